The summed E-state index contributed by atoms with van der Waals surface area (Å²) in [6, 6.07) is 22.0. The monoisotopic (exact) mass is 421 g/mol. The number of nitrogens with one attached hydrogen (secondary N) is 1. The highest BCUT2D eigenvalue weighted by molar-refractivity contribution is 5.86. The van der Waals surface area contributed by atoms with Gasteiger partial charge in [-0.2, -0.15) is 10.2 Å². The fourth-order valence-electron chi connectivity index (χ4n) is 5.07. The van der Waals surface area contributed by atoms with Gasteiger partial charge in [0.2, 0.25) is 0 Å². The van der Waals surface area contributed by atoms with Crippen LogP contribution in [0.25, 0.3) is 39.1 Å². The van der Waals surface area contributed by atoms with Crippen molar-refractivity contribution in [1.29, 1.82) is 0 Å². The third-order valence-electron chi connectivity index (χ3n) is 6.75. The van der Waals surface area contributed by atoms with Crippen molar-refractivity contribution in [2.45, 2.75) is 45.1 Å². The number of hydrogen-bond donors (Lipinski definition) is 1. The number of H-pyrrole nitrogens is 1. The third-order valence-corrected chi connectivity index (χ3v) is 6.75. The van der Waals surface area contributed by atoms with E-state index < -0.39 is 0 Å². The summed E-state index contributed by atoms with van der Waals surface area (Å²) < 4.78 is 4.33. The largest absolute Gasteiger partial charge is 0.361 e. The van der Waals surface area contributed by atoms with Crippen LogP contribution in [0, 0.1) is 0 Å². The van der Waals surface area contributed by atoms with E-state index in [1.54, 1.807) is 0 Å². The van der Waals surface area contributed by atoms with Crippen LogP contribution >= 0.6 is 0 Å². The second kappa shape index (κ2) is 7.83. The summed E-state index contributed by atoms with van der Waals surface area (Å²) in [6.07, 6.45) is 9.86. The predicted octanol–water partition coefficient (Wildman–Crippen LogP) is 6.56. The lowest BCUT2D eigenvalue weighted by Gasteiger charge is -2.13. The second-order valence-corrected chi connectivity index (χ2v) is 8.67. The molecular weight excluding hydrogens is 394 g/mol. The molecule has 1 N–H and O–H groups in total. The van der Waals surface area contributed by atoms with Crippen LogP contribution in [0.5, 0.6) is 0 Å². The molecule has 32 heavy (non-hydrogen) atoms. The van der Waals surface area contributed by atoms with E-state index in [9.17, 15) is 0 Å². The van der Waals surface area contributed by atoms with Gasteiger partial charge in [-0.05, 0) is 61.2 Å². The van der Waals surface area contributed by atoms with Gasteiger partial charge in [0.15, 0.2) is 0 Å². The molecule has 1 aliphatic rings. The molecule has 0 spiro atoms. The van der Waals surface area contributed by atoms with Gasteiger partial charge in [-0.3, -0.25) is 4.68 Å². The molecule has 1 fully saturated rings. The molecule has 5 aromatic rings. The van der Waals surface area contributed by atoms with Gasteiger partial charge in [-0.25, -0.2) is 4.68 Å². The van der Waals surface area contributed by atoms with E-state index in [1.165, 1.54) is 53.4 Å². The number of aryl methyl sites for hydroxylation is 1. The summed E-state index contributed by atoms with van der Waals surface area (Å²) in [5.41, 5.74) is 8.06. The Morgan fingerprint density at radius 3 is 2.53 bits per heavy atom. The summed E-state index contributed by atoms with van der Waals surface area (Å²) in [6.45, 7) is 2.20. The summed E-state index contributed by atoms with van der Waals surface area (Å²) in [4.78, 5) is 3.27. The number of fused-ring (bicyclic) bond motifs is 1. The standard InChI is InChI=1S/C27H27N5/c1-2-24-23-14-11-20(18-27(23)32(30-24)21-6-3-4-7-21)26-15-17-29-31(26)22-12-9-19(10-13-22)25-8-5-16-28-25/h5,8-18,21,28H,2-4,6-7H2,1H3. The lowest BCUT2D eigenvalue weighted by Crippen LogP contribution is -2.06. The lowest BCUT2D eigenvalue weighted by molar-refractivity contribution is 0.478. The fourth-order valence-corrected chi connectivity index (χ4v) is 5.07. The Morgan fingerprint density at radius 2 is 1.78 bits per heavy atom. The Labute approximate surface area is 187 Å². The summed E-state index contributed by atoms with van der Waals surface area (Å²) in [7, 11) is 0. The van der Waals surface area contributed by atoms with E-state index in [0.29, 0.717) is 6.04 Å². The molecule has 0 bridgehead atoms. The van der Waals surface area contributed by atoms with Crippen molar-refractivity contribution < 1.29 is 0 Å². The van der Waals surface area contributed by atoms with Crippen molar-refractivity contribution in [3.8, 4) is 28.2 Å². The van der Waals surface area contributed by atoms with Crippen molar-refractivity contribution in [3.05, 3.63) is 78.8 Å². The van der Waals surface area contributed by atoms with Crippen LogP contribution in [0.3, 0.4) is 0 Å². The van der Waals surface area contributed by atoms with Crippen LogP contribution in [-0.4, -0.2) is 24.5 Å². The van der Waals surface area contributed by atoms with Crippen LogP contribution in [-0.2, 0) is 6.42 Å². The molecule has 3 aromatic heterocycles. The van der Waals surface area contributed by atoms with Crippen molar-refractivity contribution in [3.63, 3.8) is 0 Å². The molecule has 0 amide bonds. The van der Waals surface area contributed by atoms with Gasteiger partial charge in [-0.15, -0.1) is 0 Å². The minimum absolute atomic E-state index is 0.526. The SMILES string of the molecule is CCc1nn(C2CCCC2)c2cc(-c3ccnn3-c3ccc(-c4ccc[nH]4)cc3)ccc12. The van der Waals surface area contributed by atoms with E-state index in [1.807, 2.05) is 23.1 Å². The van der Waals surface area contributed by atoms with Gasteiger partial charge < -0.3 is 4.98 Å². The Bertz CT molecular complexity index is 1350. The molecule has 0 radical (unpaired) electrons. The Balaban J connectivity index is 1.41. The first-order chi connectivity index (χ1) is 15.8. The van der Waals surface area contributed by atoms with E-state index in [0.717, 1.165) is 23.5 Å². The molecule has 0 aliphatic heterocycles. The molecule has 1 aliphatic carbocycles. The van der Waals surface area contributed by atoms with Gasteiger partial charge in [0.1, 0.15) is 0 Å². The van der Waals surface area contributed by atoms with Gasteiger partial charge in [0, 0.05) is 22.8 Å². The van der Waals surface area contributed by atoms with E-state index in [-0.39, 0.29) is 0 Å². The highest BCUT2D eigenvalue weighted by Gasteiger charge is 2.22. The molecule has 1 saturated carbocycles. The van der Waals surface area contributed by atoms with Gasteiger partial charge >= 0.3 is 0 Å². The summed E-state index contributed by atoms with van der Waals surface area (Å²) in [5.74, 6) is 0. The first-order valence-corrected chi connectivity index (χ1v) is 11.6. The zero-order chi connectivity index (χ0) is 21.5. The smallest absolute Gasteiger partial charge is 0.0741 e. The average molecular weight is 422 g/mol. The van der Waals surface area contributed by atoms with Crippen LogP contribution in [0.2, 0.25) is 0 Å². The molecule has 0 saturated heterocycles. The third kappa shape index (κ3) is 3.16. The van der Waals surface area contributed by atoms with E-state index in [4.69, 9.17) is 5.10 Å². The predicted molar refractivity (Wildman–Crippen MR) is 129 cm³/mol. The number of nitrogens with zero attached hydrogens (tertiary/aromatic N) is 4. The quantitative estimate of drug-likeness (QED) is 0.349. The van der Waals surface area contributed by atoms with Crippen LogP contribution in [0.1, 0.15) is 44.3 Å². The Morgan fingerprint density at radius 1 is 0.969 bits per heavy atom. The molecule has 3 heterocycles. The maximum atomic E-state index is 5.02. The van der Waals surface area contributed by atoms with Gasteiger partial charge in [-0.1, -0.05) is 44.0 Å². The number of benzene rings is 2. The van der Waals surface area contributed by atoms with Crippen molar-refractivity contribution >= 4 is 10.9 Å². The van der Waals surface area contributed by atoms with Crippen LogP contribution in [0.15, 0.2) is 73.1 Å². The van der Waals surface area contributed by atoms with Crippen molar-refractivity contribution in [2.24, 2.45) is 0 Å². The zero-order valence-corrected chi connectivity index (χ0v) is 18.3. The highest BCUT2D eigenvalue weighted by Crippen LogP contribution is 2.35. The molecule has 5 nitrogen and oxygen atoms in total. The Hall–Kier alpha value is -3.60. The van der Waals surface area contributed by atoms with E-state index in [2.05, 4.69) is 76.3 Å². The zero-order valence-electron chi connectivity index (χ0n) is 18.3. The highest BCUT2D eigenvalue weighted by atomic mass is 15.3. The summed E-state index contributed by atoms with van der Waals surface area (Å²) in [5, 5.41) is 10.9. The molecule has 0 unspecified atom stereocenters. The van der Waals surface area contributed by atoms with Crippen molar-refractivity contribution in [2.75, 3.05) is 0 Å². The maximum absolute atomic E-state index is 5.02. The van der Waals surface area contributed by atoms with Gasteiger partial charge in [0.25, 0.3) is 0 Å². The molecular formula is C27H27N5. The van der Waals surface area contributed by atoms with Crippen LogP contribution < -0.4 is 0 Å². The van der Waals surface area contributed by atoms with Crippen molar-refractivity contribution in [1.82, 2.24) is 24.5 Å². The normalized spacial score (nSPS) is 14.5. The maximum Gasteiger partial charge on any atom is 0.0741 e. The minimum Gasteiger partial charge on any atom is -0.361 e. The second-order valence-electron chi connectivity index (χ2n) is 8.67. The number of aromatic nitrogens is 5. The molecule has 0 atom stereocenters. The van der Waals surface area contributed by atoms with Crippen LogP contribution in [0.4, 0.5) is 0 Å². The molecule has 5 heteroatoms. The fraction of sp³-hybridized carbons (Fsp3) is 0.259. The summed E-state index contributed by atoms with van der Waals surface area (Å²) >= 11 is 0. The lowest BCUT2D eigenvalue weighted by atomic mass is 10.1. The average Bonchev–Trinajstić information content (AvgIpc) is 3.64. The molecule has 2 aromatic carbocycles. The number of hydrogen-bond acceptors (Lipinski definition) is 2. The van der Waals surface area contributed by atoms with E-state index >= 15 is 0 Å². The van der Waals surface area contributed by atoms with Gasteiger partial charge in [0.05, 0.1) is 34.8 Å². The number of aromatic amines is 1. The first-order valence-electron chi connectivity index (χ1n) is 11.6. The molecule has 160 valence electrons. The topological polar surface area (TPSA) is 51.4 Å². The number of rotatable bonds is 5. The minimum atomic E-state index is 0.526. The first kappa shape index (κ1) is 19.1. The molecule has 6 rings (SSSR count). The Kier molecular flexibility index (Phi) is 4.67.